The van der Waals surface area contributed by atoms with Gasteiger partial charge in [0.2, 0.25) is 11.8 Å². The summed E-state index contributed by atoms with van der Waals surface area (Å²) in [5.41, 5.74) is 1.87. The van der Waals surface area contributed by atoms with Gasteiger partial charge in [0.05, 0.1) is 20.8 Å². The maximum Gasteiger partial charge on any atom is 0.238 e. The molecule has 7 nitrogen and oxygen atoms in total. The van der Waals surface area contributed by atoms with Crippen LogP contribution in [-0.2, 0) is 16.0 Å². The number of rotatable bonds is 8. The molecule has 7 heteroatoms. The van der Waals surface area contributed by atoms with E-state index in [1.54, 1.807) is 14.2 Å². The van der Waals surface area contributed by atoms with E-state index in [1.807, 2.05) is 53.4 Å². The van der Waals surface area contributed by atoms with E-state index in [0.717, 1.165) is 42.3 Å². The first kappa shape index (κ1) is 22.6. The number of nitrogens with one attached hydrogen (secondary N) is 1. The van der Waals surface area contributed by atoms with Crippen LogP contribution in [0.4, 0.5) is 5.69 Å². The van der Waals surface area contributed by atoms with Crippen LogP contribution in [0.2, 0.25) is 0 Å². The Bertz CT molecular complexity index is 852. The standard InChI is InChI=1S/C24H31N3O4/c1-30-21-9-4-19(5-10-21)6-13-24(29)27-15-3-14-26(16-17-27)18-23(28)25-20-7-11-22(31-2)12-8-20/h4-5,7-12H,3,6,13-18H2,1-2H3,(H,25,28). The summed E-state index contributed by atoms with van der Waals surface area (Å²) in [5.74, 6) is 1.69. The van der Waals surface area contributed by atoms with Crippen LogP contribution in [0.5, 0.6) is 11.5 Å². The van der Waals surface area contributed by atoms with E-state index in [9.17, 15) is 9.59 Å². The van der Waals surface area contributed by atoms with Crippen LogP contribution in [0.3, 0.4) is 0 Å². The molecule has 0 saturated carbocycles. The molecule has 2 amide bonds. The summed E-state index contributed by atoms with van der Waals surface area (Å²) in [7, 11) is 3.25. The fourth-order valence-electron chi connectivity index (χ4n) is 3.66. The fraction of sp³-hybridized carbons (Fsp3) is 0.417. The molecule has 0 aliphatic carbocycles. The Morgan fingerprint density at radius 1 is 0.871 bits per heavy atom. The molecule has 0 unspecified atom stereocenters. The summed E-state index contributed by atoms with van der Waals surface area (Å²) in [5, 5.41) is 2.92. The number of aryl methyl sites for hydroxylation is 1. The Morgan fingerprint density at radius 2 is 1.52 bits per heavy atom. The Labute approximate surface area is 183 Å². The lowest BCUT2D eigenvalue weighted by Crippen LogP contribution is -2.38. The van der Waals surface area contributed by atoms with Gasteiger partial charge in [0.25, 0.3) is 0 Å². The molecule has 0 aromatic heterocycles. The predicted octanol–water partition coefficient (Wildman–Crippen LogP) is 2.81. The molecule has 0 radical (unpaired) electrons. The van der Waals surface area contributed by atoms with Gasteiger partial charge >= 0.3 is 0 Å². The highest BCUT2D eigenvalue weighted by molar-refractivity contribution is 5.92. The minimum absolute atomic E-state index is 0.0514. The lowest BCUT2D eigenvalue weighted by Gasteiger charge is -2.22. The van der Waals surface area contributed by atoms with Gasteiger partial charge in [0.1, 0.15) is 11.5 Å². The van der Waals surface area contributed by atoms with Gasteiger partial charge in [0.15, 0.2) is 0 Å². The maximum absolute atomic E-state index is 12.7. The molecule has 0 spiro atoms. The van der Waals surface area contributed by atoms with Crippen molar-refractivity contribution in [2.75, 3.05) is 52.3 Å². The summed E-state index contributed by atoms with van der Waals surface area (Å²) in [6, 6.07) is 15.1. The van der Waals surface area contributed by atoms with Crippen molar-refractivity contribution in [1.29, 1.82) is 0 Å². The van der Waals surface area contributed by atoms with Crippen molar-refractivity contribution in [1.82, 2.24) is 9.80 Å². The number of benzene rings is 2. The first-order valence-electron chi connectivity index (χ1n) is 10.6. The molecular formula is C24H31N3O4. The van der Waals surface area contributed by atoms with E-state index in [0.29, 0.717) is 32.5 Å². The second kappa shape index (κ2) is 11.4. The zero-order chi connectivity index (χ0) is 22.1. The van der Waals surface area contributed by atoms with Crippen molar-refractivity contribution < 1.29 is 19.1 Å². The van der Waals surface area contributed by atoms with E-state index in [4.69, 9.17) is 9.47 Å². The summed E-state index contributed by atoms with van der Waals surface area (Å²) in [6.45, 7) is 3.21. The second-order valence-electron chi connectivity index (χ2n) is 7.64. The van der Waals surface area contributed by atoms with Crippen LogP contribution in [0.25, 0.3) is 0 Å². The van der Waals surface area contributed by atoms with Gasteiger partial charge in [-0.15, -0.1) is 0 Å². The molecule has 0 bridgehead atoms. The van der Waals surface area contributed by atoms with E-state index in [2.05, 4.69) is 10.2 Å². The molecule has 1 saturated heterocycles. The van der Waals surface area contributed by atoms with Crippen LogP contribution < -0.4 is 14.8 Å². The molecule has 1 N–H and O–H groups in total. The SMILES string of the molecule is COc1ccc(CCC(=O)N2CCCN(CC(=O)Nc3ccc(OC)cc3)CC2)cc1. The molecule has 0 atom stereocenters. The topological polar surface area (TPSA) is 71.1 Å². The highest BCUT2D eigenvalue weighted by Gasteiger charge is 2.20. The lowest BCUT2D eigenvalue weighted by atomic mass is 10.1. The van der Waals surface area contributed by atoms with Crippen LogP contribution >= 0.6 is 0 Å². The lowest BCUT2D eigenvalue weighted by molar-refractivity contribution is -0.131. The molecule has 1 fully saturated rings. The summed E-state index contributed by atoms with van der Waals surface area (Å²) in [6.07, 6.45) is 2.07. The summed E-state index contributed by atoms with van der Waals surface area (Å²) >= 11 is 0. The zero-order valence-corrected chi connectivity index (χ0v) is 18.3. The summed E-state index contributed by atoms with van der Waals surface area (Å²) in [4.78, 5) is 29.1. The van der Waals surface area contributed by atoms with Crippen molar-refractivity contribution >= 4 is 17.5 Å². The van der Waals surface area contributed by atoms with E-state index >= 15 is 0 Å². The Hall–Kier alpha value is -3.06. The average molecular weight is 426 g/mol. The van der Waals surface area contributed by atoms with E-state index in [1.165, 1.54) is 0 Å². The largest absolute Gasteiger partial charge is 0.497 e. The van der Waals surface area contributed by atoms with Crippen LogP contribution in [0, 0.1) is 0 Å². The average Bonchev–Trinajstić information content (AvgIpc) is 3.04. The van der Waals surface area contributed by atoms with Crippen molar-refractivity contribution in [2.45, 2.75) is 19.3 Å². The molecule has 31 heavy (non-hydrogen) atoms. The third-order valence-corrected chi connectivity index (χ3v) is 5.47. The Balaban J connectivity index is 1.42. The Morgan fingerprint density at radius 3 is 2.16 bits per heavy atom. The third kappa shape index (κ3) is 7.00. The van der Waals surface area contributed by atoms with Gasteiger partial charge in [-0.25, -0.2) is 0 Å². The molecule has 2 aromatic carbocycles. The zero-order valence-electron chi connectivity index (χ0n) is 18.3. The minimum atomic E-state index is -0.0514. The normalized spacial score (nSPS) is 14.6. The number of amides is 2. The monoisotopic (exact) mass is 425 g/mol. The van der Waals surface area contributed by atoms with Gasteiger partial charge in [-0.1, -0.05) is 12.1 Å². The van der Waals surface area contributed by atoms with Crippen molar-refractivity contribution in [3.05, 3.63) is 54.1 Å². The van der Waals surface area contributed by atoms with Crippen molar-refractivity contribution in [2.24, 2.45) is 0 Å². The highest BCUT2D eigenvalue weighted by Crippen LogP contribution is 2.16. The molecule has 1 aliphatic rings. The number of hydrogen-bond donors (Lipinski definition) is 1. The number of carbonyl (C=O) groups excluding carboxylic acids is 2. The van der Waals surface area contributed by atoms with Crippen molar-refractivity contribution in [3.63, 3.8) is 0 Å². The molecule has 1 heterocycles. The second-order valence-corrected chi connectivity index (χ2v) is 7.64. The van der Waals surface area contributed by atoms with Crippen LogP contribution in [0.1, 0.15) is 18.4 Å². The fourth-order valence-corrected chi connectivity index (χ4v) is 3.66. The first-order chi connectivity index (χ1) is 15.1. The molecular weight excluding hydrogens is 394 g/mol. The van der Waals surface area contributed by atoms with Gasteiger partial charge in [-0.2, -0.15) is 0 Å². The van der Waals surface area contributed by atoms with Crippen LogP contribution in [0.15, 0.2) is 48.5 Å². The number of hydrogen-bond acceptors (Lipinski definition) is 5. The van der Waals surface area contributed by atoms with Crippen molar-refractivity contribution in [3.8, 4) is 11.5 Å². The molecule has 2 aromatic rings. The number of anilines is 1. The first-order valence-corrected chi connectivity index (χ1v) is 10.6. The predicted molar refractivity (Wildman–Crippen MR) is 121 cm³/mol. The summed E-state index contributed by atoms with van der Waals surface area (Å²) < 4.78 is 10.3. The van der Waals surface area contributed by atoms with E-state index < -0.39 is 0 Å². The number of methoxy groups -OCH3 is 2. The van der Waals surface area contributed by atoms with Gasteiger partial charge in [0, 0.05) is 38.3 Å². The van der Waals surface area contributed by atoms with E-state index in [-0.39, 0.29) is 11.8 Å². The van der Waals surface area contributed by atoms with Crippen LogP contribution in [-0.4, -0.2) is 68.6 Å². The minimum Gasteiger partial charge on any atom is -0.497 e. The third-order valence-electron chi connectivity index (χ3n) is 5.47. The van der Waals surface area contributed by atoms with Gasteiger partial charge in [-0.3, -0.25) is 14.5 Å². The molecule has 1 aliphatic heterocycles. The number of carbonyl (C=O) groups is 2. The number of nitrogens with zero attached hydrogens (tertiary/aromatic N) is 2. The maximum atomic E-state index is 12.7. The van der Waals surface area contributed by atoms with Gasteiger partial charge in [-0.05, 0) is 54.8 Å². The number of ether oxygens (including phenoxy) is 2. The smallest absolute Gasteiger partial charge is 0.238 e. The molecule has 166 valence electrons. The Kier molecular flexibility index (Phi) is 8.29. The molecule has 3 rings (SSSR count). The quantitative estimate of drug-likeness (QED) is 0.704. The highest BCUT2D eigenvalue weighted by atomic mass is 16.5. The van der Waals surface area contributed by atoms with Gasteiger partial charge < -0.3 is 19.7 Å².